The highest BCUT2D eigenvalue weighted by Crippen LogP contribution is 2.38. The Kier molecular flexibility index (Phi) is 12.7. The number of hydrogen-bond acceptors (Lipinski definition) is 8. The average Bonchev–Trinajstić information content (AvgIpc) is 3.12. The van der Waals surface area contributed by atoms with E-state index in [1.54, 1.807) is 19.9 Å². The molecule has 4 aromatic rings. The number of ether oxygens (including phenoxy) is 4. The molecule has 1 N–H and O–H groups in total. The van der Waals surface area contributed by atoms with Gasteiger partial charge in [0.1, 0.15) is 29.9 Å². The number of nitrogens with zero attached hydrogens (tertiary/aromatic N) is 2. The van der Waals surface area contributed by atoms with E-state index in [1.165, 1.54) is 87.9 Å². The fourth-order valence-electron chi connectivity index (χ4n) is 5.33. The van der Waals surface area contributed by atoms with E-state index >= 15 is 0 Å². The van der Waals surface area contributed by atoms with Crippen molar-refractivity contribution in [3.63, 3.8) is 0 Å². The summed E-state index contributed by atoms with van der Waals surface area (Å²) in [5.74, 6) is -0.701. The number of anilines is 1. The quantitative estimate of drug-likeness (QED) is 0.168. The van der Waals surface area contributed by atoms with E-state index in [4.69, 9.17) is 18.9 Å². The minimum atomic E-state index is -4.54. The third-order valence-corrected chi connectivity index (χ3v) is 9.60. The third-order valence-electron chi connectivity index (χ3n) is 7.84. The van der Waals surface area contributed by atoms with Gasteiger partial charge in [0.05, 0.1) is 39.0 Å². The molecule has 0 radical (unpaired) electrons. The first-order valence-electron chi connectivity index (χ1n) is 15.8. The molecule has 0 heterocycles. The van der Waals surface area contributed by atoms with Crippen LogP contribution in [0.3, 0.4) is 0 Å². The van der Waals surface area contributed by atoms with Gasteiger partial charge in [-0.05, 0) is 61.4 Å². The van der Waals surface area contributed by atoms with Crippen molar-refractivity contribution in [1.29, 1.82) is 0 Å². The van der Waals surface area contributed by atoms with Gasteiger partial charge in [0, 0.05) is 31.1 Å². The molecule has 266 valence electrons. The van der Waals surface area contributed by atoms with Gasteiger partial charge in [-0.15, -0.1) is 0 Å². The second kappa shape index (κ2) is 16.9. The first-order valence-corrected chi connectivity index (χ1v) is 17.2. The molecular formula is C37H42FN3O8S. The highest BCUT2D eigenvalue weighted by molar-refractivity contribution is 7.92. The van der Waals surface area contributed by atoms with E-state index in [1.807, 2.05) is 30.3 Å². The molecule has 0 saturated carbocycles. The summed E-state index contributed by atoms with van der Waals surface area (Å²) in [5, 5.41) is 2.90. The summed E-state index contributed by atoms with van der Waals surface area (Å²) in [6.07, 6.45) is 0.122. The van der Waals surface area contributed by atoms with Crippen molar-refractivity contribution in [3.05, 3.63) is 108 Å². The van der Waals surface area contributed by atoms with Gasteiger partial charge < -0.3 is 29.2 Å². The molecule has 0 spiro atoms. The Morgan fingerprint density at radius 1 is 0.760 bits per heavy atom. The van der Waals surface area contributed by atoms with Crippen molar-refractivity contribution in [3.8, 4) is 23.0 Å². The van der Waals surface area contributed by atoms with Crippen molar-refractivity contribution >= 4 is 27.5 Å². The van der Waals surface area contributed by atoms with Crippen LogP contribution < -0.4 is 28.6 Å². The largest absolute Gasteiger partial charge is 0.497 e. The smallest absolute Gasteiger partial charge is 0.265 e. The number of benzene rings is 4. The summed E-state index contributed by atoms with van der Waals surface area (Å²) in [6.45, 7) is 2.73. The van der Waals surface area contributed by atoms with E-state index in [2.05, 4.69) is 5.32 Å². The summed E-state index contributed by atoms with van der Waals surface area (Å²) < 4.78 is 65.7. The van der Waals surface area contributed by atoms with E-state index < -0.39 is 40.2 Å². The Morgan fingerprint density at radius 2 is 1.40 bits per heavy atom. The van der Waals surface area contributed by atoms with E-state index in [0.29, 0.717) is 17.1 Å². The molecule has 2 amide bonds. The monoisotopic (exact) mass is 707 g/mol. The van der Waals surface area contributed by atoms with Crippen LogP contribution in [0.4, 0.5) is 10.1 Å². The van der Waals surface area contributed by atoms with E-state index in [0.717, 1.165) is 9.87 Å². The molecule has 50 heavy (non-hydrogen) atoms. The van der Waals surface area contributed by atoms with Crippen molar-refractivity contribution in [2.45, 2.75) is 43.8 Å². The van der Waals surface area contributed by atoms with Crippen molar-refractivity contribution in [2.75, 3.05) is 39.3 Å². The topological polar surface area (TPSA) is 124 Å². The van der Waals surface area contributed by atoms with Crippen LogP contribution in [0.15, 0.2) is 95.9 Å². The molecule has 11 nitrogen and oxygen atoms in total. The van der Waals surface area contributed by atoms with Gasteiger partial charge in [-0.2, -0.15) is 0 Å². The lowest BCUT2D eigenvalue weighted by atomic mass is 10.0. The van der Waals surface area contributed by atoms with Crippen molar-refractivity contribution < 1.29 is 41.3 Å². The zero-order chi connectivity index (χ0) is 36.4. The van der Waals surface area contributed by atoms with Gasteiger partial charge in [0.25, 0.3) is 10.0 Å². The Hall–Kier alpha value is -5.30. The van der Waals surface area contributed by atoms with Gasteiger partial charge in [-0.3, -0.25) is 13.9 Å². The Morgan fingerprint density at radius 3 is 2.00 bits per heavy atom. The number of sulfonamides is 1. The Balaban J connectivity index is 1.90. The highest BCUT2D eigenvalue weighted by atomic mass is 32.2. The lowest BCUT2D eigenvalue weighted by molar-refractivity contribution is -0.140. The Bertz CT molecular complexity index is 1870. The molecule has 4 rings (SSSR count). The fourth-order valence-corrected chi connectivity index (χ4v) is 6.76. The average molecular weight is 708 g/mol. The van der Waals surface area contributed by atoms with Gasteiger partial charge in [0.2, 0.25) is 11.8 Å². The molecule has 0 aliphatic carbocycles. The summed E-state index contributed by atoms with van der Waals surface area (Å²) in [6, 6.07) is 22.0. The molecule has 4 aromatic carbocycles. The van der Waals surface area contributed by atoms with Crippen molar-refractivity contribution in [2.24, 2.45) is 0 Å². The molecule has 0 aliphatic heterocycles. The van der Waals surface area contributed by atoms with Crippen LogP contribution in [0.2, 0.25) is 0 Å². The summed E-state index contributed by atoms with van der Waals surface area (Å²) in [5.41, 5.74) is 1.32. The zero-order valence-electron chi connectivity index (χ0n) is 28.9. The first kappa shape index (κ1) is 37.5. The van der Waals surface area contributed by atoms with Crippen LogP contribution in [0.1, 0.15) is 25.0 Å². The number of halogens is 1. The predicted molar refractivity (Wildman–Crippen MR) is 188 cm³/mol. The number of rotatable bonds is 16. The minimum absolute atomic E-state index is 0.0166. The minimum Gasteiger partial charge on any atom is -0.497 e. The number of methoxy groups -OCH3 is 4. The number of hydrogen-bond donors (Lipinski definition) is 1. The SMILES string of the molecule is COc1ccc(OC)c(N(CC(=O)N(Cc2ccc(F)cc2)C(Cc2ccccc2)C(=O)NC(C)C)S(=O)(=O)c2ccc(OC)c(OC)c2)c1. The van der Waals surface area contributed by atoms with Crippen LogP contribution >= 0.6 is 0 Å². The van der Waals surface area contributed by atoms with E-state index in [9.17, 15) is 22.4 Å². The summed E-state index contributed by atoms with van der Waals surface area (Å²) in [4.78, 5) is 29.7. The molecule has 1 unspecified atom stereocenters. The van der Waals surface area contributed by atoms with Gasteiger partial charge in [-0.25, -0.2) is 12.8 Å². The number of carbonyl (C=O) groups is 2. The molecule has 0 aliphatic rings. The summed E-state index contributed by atoms with van der Waals surface area (Å²) in [7, 11) is 1.07. The van der Waals surface area contributed by atoms with Crippen LogP contribution in [0, 0.1) is 5.82 Å². The molecule has 0 saturated heterocycles. The normalized spacial score (nSPS) is 11.8. The number of amides is 2. The van der Waals surface area contributed by atoms with Crippen LogP contribution in [0.5, 0.6) is 23.0 Å². The van der Waals surface area contributed by atoms with Crippen LogP contribution in [-0.2, 0) is 32.6 Å². The second-order valence-electron chi connectivity index (χ2n) is 11.6. The van der Waals surface area contributed by atoms with Gasteiger partial charge >= 0.3 is 0 Å². The third kappa shape index (κ3) is 9.03. The van der Waals surface area contributed by atoms with Crippen LogP contribution in [-0.4, -0.2) is 72.2 Å². The first-order chi connectivity index (χ1) is 23.9. The molecule has 0 fully saturated rings. The van der Waals surface area contributed by atoms with Gasteiger partial charge in [0.15, 0.2) is 11.5 Å². The standard InChI is InChI=1S/C37H42FN3O8S/c1-25(2)39-37(43)32(20-26-10-8-7-9-11-26)40(23-27-12-14-28(38)15-13-27)36(42)24-41(31-21-29(46-3)16-18-33(31)47-4)50(44,45)30-17-19-34(48-5)35(22-30)49-6/h7-19,21-22,25,32H,20,23-24H2,1-6H3,(H,39,43). The fraction of sp³-hybridized carbons (Fsp3) is 0.297. The van der Waals surface area contributed by atoms with E-state index in [-0.39, 0.29) is 41.1 Å². The number of nitrogens with one attached hydrogen (secondary N) is 1. The molecule has 0 bridgehead atoms. The Labute approximate surface area is 292 Å². The van der Waals surface area contributed by atoms with Gasteiger partial charge in [-0.1, -0.05) is 42.5 Å². The lowest BCUT2D eigenvalue weighted by Crippen LogP contribution is -2.54. The maximum atomic E-state index is 14.7. The lowest BCUT2D eigenvalue weighted by Gasteiger charge is -2.34. The van der Waals surface area contributed by atoms with Crippen LogP contribution in [0.25, 0.3) is 0 Å². The highest BCUT2D eigenvalue weighted by Gasteiger charge is 2.36. The number of carbonyl (C=O) groups excluding carboxylic acids is 2. The maximum absolute atomic E-state index is 14.7. The second-order valence-corrected chi connectivity index (χ2v) is 13.4. The zero-order valence-corrected chi connectivity index (χ0v) is 29.7. The molecule has 0 aromatic heterocycles. The maximum Gasteiger partial charge on any atom is 0.265 e. The molecule has 13 heteroatoms. The summed E-state index contributed by atoms with van der Waals surface area (Å²) >= 11 is 0. The molecular weight excluding hydrogens is 665 g/mol. The molecule has 1 atom stereocenters. The van der Waals surface area contributed by atoms with Crippen molar-refractivity contribution in [1.82, 2.24) is 10.2 Å². The predicted octanol–water partition coefficient (Wildman–Crippen LogP) is 5.22.